The maximum Gasteiger partial charge on any atom is 0.335 e. The third-order valence-electron chi connectivity index (χ3n) is 2.30. The number of carboxylic acids is 1. The summed E-state index contributed by atoms with van der Waals surface area (Å²) >= 11 is 7.19. The van der Waals surface area contributed by atoms with Crippen molar-refractivity contribution in [3.05, 3.63) is 50.9 Å². The van der Waals surface area contributed by atoms with Crippen LogP contribution in [0.2, 0.25) is 4.34 Å². The van der Waals surface area contributed by atoms with Crippen molar-refractivity contribution in [3.63, 3.8) is 0 Å². The Morgan fingerprint density at radius 2 is 2.17 bits per heavy atom. The Hall–Kier alpha value is -1.59. The van der Waals surface area contributed by atoms with Gasteiger partial charge in [-0.25, -0.2) is 9.18 Å². The summed E-state index contributed by atoms with van der Waals surface area (Å²) in [6.45, 7) is 0.445. The van der Waals surface area contributed by atoms with Gasteiger partial charge in [0.05, 0.1) is 15.6 Å². The summed E-state index contributed by atoms with van der Waals surface area (Å²) in [6.07, 6.45) is 0. The second-order valence-corrected chi connectivity index (χ2v) is 5.36. The first-order valence-corrected chi connectivity index (χ1v) is 6.26. The van der Waals surface area contributed by atoms with Crippen LogP contribution in [0.3, 0.4) is 0 Å². The second kappa shape index (κ2) is 5.37. The summed E-state index contributed by atoms with van der Waals surface area (Å²) in [5.74, 6) is -1.73. The average molecular weight is 286 g/mol. The smallest absolute Gasteiger partial charge is 0.335 e. The summed E-state index contributed by atoms with van der Waals surface area (Å²) in [5, 5.41) is 11.6. The number of carbonyl (C=O) groups is 1. The summed E-state index contributed by atoms with van der Waals surface area (Å²) in [5.41, 5.74) is 0.196. The molecular formula is C12H9ClFNO2S. The van der Waals surface area contributed by atoms with Crippen molar-refractivity contribution in [2.45, 2.75) is 6.54 Å². The van der Waals surface area contributed by atoms with Crippen LogP contribution in [0.1, 0.15) is 15.2 Å². The highest BCUT2D eigenvalue weighted by Crippen LogP contribution is 2.23. The second-order valence-electron chi connectivity index (χ2n) is 3.56. The van der Waals surface area contributed by atoms with Gasteiger partial charge in [-0.3, -0.25) is 0 Å². The molecule has 0 unspecified atom stereocenters. The average Bonchev–Trinajstić information content (AvgIpc) is 2.73. The number of rotatable bonds is 4. The number of hydrogen-bond donors (Lipinski definition) is 2. The lowest BCUT2D eigenvalue weighted by molar-refractivity contribution is 0.0696. The molecule has 0 fully saturated rings. The fourth-order valence-electron chi connectivity index (χ4n) is 1.42. The zero-order valence-electron chi connectivity index (χ0n) is 9.11. The third kappa shape index (κ3) is 3.00. The zero-order valence-corrected chi connectivity index (χ0v) is 10.7. The Bertz CT molecular complexity index is 585. The van der Waals surface area contributed by atoms with Crippen LogP contribution in [-0.4, -0.2) is 11.1 Å². The van der Waals surface area contributed by atoms with E-state index >= 15 is 0 Å². The van der Waals surface area contributed by atoms with E-state index < -0.39 is 11.8 Å². The standard InChI is InChI=1S/C12H9ClFNO2S/c13-11-4-2-8(18-11)6-15-10-3-1-7(12(16)17)5-9(10)14/h1-5,15H,6H2,(H,16,17). The van der Waals surface area contributed by atoms with Crippen molar-refractivity contribution < 1.29 is 14.3 Å². The van der Waals surface area contributed by atoms with Gasteiger partial charge >= 0.3 is 5.97 Å². The summed E-state index contributed by atoms with van der Waals surface area (Å²) in [6, 6.07) is 7.38. The third-order valence-corrected chi connectivity index (χ3v) is 3.53. The molecule has 18 heavy (non-hydrogen) atoms. The van der Waals surface area contributed by atoms with Gasteiger partial charge in [-0.15, -0.1) is 11.3 Å². The van der Waals surface area contributed by atoms with Crippen molar-refractivity contribution in [2.24, 2.45) is 0 Å². The Kier molecular flexibility index (Phi) is 3.84. The van der Waals surface area contributed by atoms with Gasteiger partial charge in [0.25, 0.3) is 0 Å². The molecule has 1 aromatic heterocycles. The Balaban J connectivity index is 2.08. The highest BCUT2D eigenvalue weighted by atomic mass is 35.5. The van der Waals surface area contributed by atoms with E-state index in [1.807, 2.05) is 6.07 Å². The van der Waals surface area contributed by atoms with E-state index in [4.69, 9.17) is 16.7 Å². The van der Waals surface area contributed by atoms with Gasteiger partial charge in [-0.05, 0) is 30.3 Å². The minimum Gasteiger partial charge on any atom is -0.478 e. The zero-order chi connectivity index (χ0) is 13.1. The predicted octanol–water partition coefficient (Wildman–Crippen LogP) is 3.85. The molecule has 3 nitrogen and oxygen atoms in total. The largest absolute Gasteiger partial charge is 0.478 e. The summed E-state index contributed by atoms with van der Waals surface area (Å²) in [7, 11) is 0. The van der Waals surface area contributed by atoms with Crippen LogP contribution in [0, 0.1) is 5.82 Å². The lowest BCUT2D eigenvalue weighted by Crippen LogP contribution is -2.02. The molecule has 94 valence electrons. The van der Waals surface area contributed by atoms with Crippen LogP contribution in [0.4, 0.5) is 10.1 Å². The van der Waals surface area contributed by atoms with Crippen LogP contribution >= 0.6 is 22.9 Å². The molecule has 6 heteroatoms. The molecule has 1 aromatic carbocycles. The van der Waals surface area contributed by atoms with Gasteiger partial charge in [-0.1, -0.05) is 11.6 Å². The number of aromatic carboxylic acids is 1. The molecule has 0 radical (unpaired) electrons. The number of nitrogens with one attached hydrogen (secondary N) is 1. The maximum atomic E-state index is 13.6. The molecule has 0 aliphatic rings. The van der Waals surface area contributed by atoms with Crippen molar-refractivity contribution in [3.8, 4) is 0 Å². The van der Waals surface area contributed by atoms with E-state index in [9.17, 15) is 9.18 Å². The Morgan fingerprint density at radius 1 is 1.39 bits per heavy atom. The Labute approximate surface area is 112 Å². The number of carboxylic acid groups (broad SMARTS) is 1. The number of benzene rings is 1. The number of hydrogen-bond acceptors (Lipinski definition) is 3. The molecule has 2 rings (SSSR count). The Morgan fingerprint density at radius 3 is 2.72 bits per heavy atom. The van der Waals surface area contributed by atoms with E-state index in [0.29, 0.717) is 10.9 Å². The van der Waals surface area contributed by atoms with Gasteiger partial charge in [0, 0.05) is 11.4 Å². The first-order chi connectivity index (χ1) is 8.56. The van der Waals surface area contributed by atoms with Crippen molar-refractivity contribution in [1.82, 2.24) is 0 Å². The predicted molar refractivity (Wildman–Crippen MR) is 70.0 cm³/mol. The number of halogens is 2. The van der Waals surface area contributed by atoms with E-state index in [1.165, 1.54) is 23.5 Å². The quantitative estimate of drug-likeness (QED) is 0.897. The molecule has 1 heterocycles. The molecule has 2 aromatic rings. The fraction of sp³-hybridized carbons (Fsp3) is 0.0833. The molecule has 0 amide bonds. The molecule has 2 N–H and O–H groups in total. The fourth-order valence-corrected chi connectivity index (χ4v) is 2.45. The van der Waals surface area contributed by atoms with E-state index in [-0.39, 0.29) is 11.3 Å². The van der Waals surface area contributed by atoms with Gasteiger partial charge in [0.15, 0.2) is 0 Å². The van der Waals surface area contributed by atoms with Crippen LogP contribution in [-0.2, 0) is 6.54 Å². The van der Waals surface area contributed by atoms with Crippen LogP contribution in [0.5, 0.6) is 0 Å². The normalized spacial score (nSPS) is 10.3. The summed E-state index contributed by atoms with van der Waals surface area (Å²) in [4.78, 5) is 11.6. The lowest BCUT2D eigenvalue weighted by Gasteiger charge is -2.06. The van der Waals surface area contributed by atoms with Crippen molar-refractivity contribution >= 4 is 34.6 Å². The molecule has 0 saturated heterocycles. The highest BCUT2D eigenvalue weighted by molar-refractivity contribution is 7.16. The van der Waals surface area contributed by atoms with Crippen LogP contribution < -0.4 is 5.32 Å². The molecule has 0 aliphatic heterocycles. The molecule has 0 atom stereocenters. The van der Waals surface area contributed by atoms with Gasteiger partial charge < -0.3 is 10.4 Å². The topological polar surface area (TPSA) is 49.3 Å². The van der Waals surface area contributed by atoms with Crippen LogP contribution in [0.25, 0.3) is 0 Å². The van der Waals surface area contributed by atoms with E-state index in [1.54, 1.807) is 6.07 Å². The molecule has 0 aliphatic carbocycles. The van der Waals surface area contributed by atoms with Gasteiger partial charge in [0.2, 0.25) is 0 Å². The van der Waals surface area contributed by atoms with Crippen LogP contribution in [0.15, 0.2) is 30.3 Å². The number of thiophene rings is 1. The molecule has 0 saturated carbocycles. The highest BCUT2D eigenvalue weighted by Gasteiger charge is 2.08. The minimum atomic E-state index is -1.15. The molecule has 0 bridgehead atoms. The van der Waals surface area contributed by atoms with E-state index in [2.05, 4.69) is 5.32 Å². The van der Waals surface area contributed by atoms with Crippen molar-refractivity contribution in [1.29, 1.82) is 0 Å². The first kappa shape index (κ1) is 12.9. The van der Waals surface area contributed by atoms with E-state index in [0.717, 1.165) is 10.9 Å². The SMILES string of the molecule is O=C(O)c1ccc(NCc2ccc(Cl)s2)c(F)c1. The maximum absolute atomic E-state index is 13.6. The van der Waals surface area contributed by atoms with Gasteiger partial charge in [0.1, 0.15) is 5.82 Å². The number of anilines is 1. The lowest BCUT2D eigenvalue weighted by atomic mass is 10.2. The monoisotopic (exact) mass is 285 g/mol. The minimum absolute atomic E-state index is 0.0720. The summed E-state index contributed by atoms with van der Waals surface area (Å²) < 4.78 is 14.2. The first-order valence-electron chi connectivity index (χ1n) is 5.07. The van der Waals surface area contributed by atoms with Crippen molar-refractivity contribution in [2.75, 3.05) is 5.32 Å². The molecule has 0 spiro atoms. The molecular weight excluding hydrogens is 277 g/mol. The van der Waals surface area contributed by atoms with Gasteiger partial charge in [-0.2, -0.15) is 0 Å².